The number of rotatable bonds is 4. The smallest absolute Gasteiger partial charge is 0.112 e. The fraction of sp³-hybridized carbons (Fsp3) is 0.0455. The largest absolute Gasteiger partial charge is 0.258 e. The summed E-state index contributed by atoms with van der Waals surface area (Å²) in [6.45, 7) is 0.491. The summed E-state index contributed by atoms with van der Waals surface area (Å²) >= 11 is 25.3. The summed E-state index contributed by atoms with van der Waals surface area (Å²) in [5.41, 5.74) is 4.27. The zero-order valence-corrected chi connectivity index (χ0v) is 17.6. The molecule has 1 heterocycles. The molecule has 6 heteroatoms. The fourth-order valence-electron chi connectivity index (χ4n) is 3.02. The number of hydrogen-bond donors (Lipinski definition) is 0. The monoisotopic (exact) mass is 446 g/mol. The molecule has 1 aromatic heterocycles. The van der Waals surface area contributed by atoms with E-state index in [0.29, 0.717) is 32.3 Å². The number of benzene rings is 3. The molecule has 0 unspecified atom stereocenters. The van der Waals surface area contributed by atoms with Crippen molar-refractivity contribution in [2.75, 3.05) is 0 Å². The van der Waals surface area contributed by atoms with Crippen LogP contribution in [0.5, 0.6) is 0 Å². The first-order valence-electron chi connectivity index (χ1n) is 8.54. The van der Waals surface area contributed by atoms with Crippen LogP contribution in [0.15, 0.2) is 72.8 Å². The van der Waals surface area contributed by atoms with E-state index in [-0.39, 0.29) is 0 Å². The van der Waals surface area contributed by atoms with Gasteiger partial charge >= 0.3 is 0 Å². The average molecular weight is 448 g/mol. The lowest BCUT2D eigenvalue weighted by molar-refractivity contribution is 0.697. The van der Waals surface area contributed by atoms with Gasteiger partial charge in [0, 0.05) is 26.2 Å². The van der Waals surface area contributed by atoms with Gasteiger partial charge in [-0.1, -0.05) is 88.9 Å². The van der Waals surface area contributed by atoms with Gasteiger partial charge in [0.25, 0.3) is 0 Å². The maximum atomic E-state index is 6.80. The van der Waals surface area contributed by atoms with Gasteiger partial charge in [-0.15, -0.1) is 0 Å². The Morgan fingerprint density at radius 1 is 0.679 bits per heavy atom. The van der Waals surface area contributed by atoms with Crippen molar-refractivity contribution in [3.8, 4) is 22.5 Å². The van der Waals surface area contributed by atoms with Crippen molar-refractivity contribution in [2.24, 2.45) is 0 Å². The summed E-state index contributed by atoms with van der Waals surface area (Å²) in [4.78, 5) is 0. The second-order valence-electron chi connectivity index (χ2n) is 6.27. The highest BCUT2D eigenvalue weighted by atomic mass is 35.5. The molecule has 2 nitrogen and oxygen atoms in total. The molecule has 4 aromatic rings. The number of hydrogen-bond acceptors (Lipinski definition) is 1. The molecule has 0 aliphatic carbocycles. The molecule has 0 aliphatic heterocycles. The minimum absolute atomic E-state index is 0.491. The third-order valence-electron chi connectivity index (χ3n) is 4.41. The van der Waals surface area contributed by atoms with Crippen LogP contribution < -0.4 is 0 Å². The first-order chi connectivity index (χ1) is 13.5. The standard InChI is InChI=1S/C22H14Cl4N2/c23-17-9-5-14(6-10-17)21-20(26)22(15-7-11-18(24)12-8-15)28(27-21)13-16-3-1-2-4-19(16)25/h1-12H,13H2. The minimum atomic E-state index is 0.491. The van der Waals surface area contributed by atoms with Gasteiger partial charge in [-0.2, -0.15) is 5.10 Å². The minimum Gasteiger partial charge on any atom is -0.258 e. The van der Waals surface area contributed by atoms with E-state index >= 15 is 0 Å². The highest BCUT2D eigenvalue weighted by Gasteiger charge is 2.20. The second-order valence-corrected chi connectivity index (χ2v) is 7.93. The van der Waals surface area contributed by atoms with Crippen LogP contribution in [0.1, 0.15) is 5.56 Å². The predicted octanol–water partition coefficient (Wildman–Crippen LogP) is 7.88. The summed E-state index contributed by atoms with van der Waals surface area (Å²) < 4.78 is 1.87. The van der Waals surface area contributed by atoms with Gasteiger partial charge in [-0.25, -0.2) is 0 Å². The van der Waals surface area contributed by atoms with E-state index in [1.165, 1.54) is 0 Å². The van der Waals surface area contributed by atoms with E-state index in [2.05, 4.69) is 0 Å². The molecule has 0 saturated heterocycles. The normalized spacial score (nSPS) is 11.0. The Morgan fingerprint density at radius 3 is 1.86 bits per heavy atom. The van der Waals surface area contributed by atoms with Gasteiger partial charge in [0.1, 0.15) is 5.69 Å². The van der Waals surface area contributed by atoms with Crippen LogP contribution >= 0.6 is 46.4 Å². The first-order valence-corrected chi connectivity index (χ1v) is 10.1. The van der Waals surface area contributed by atoms with Crippen molar-refractivity contribution in [1.82, 2.24) is 9.78 Å². The van der Waals surface area contributed by atoms with Gasteiger partial charge < -0.3 is 0 Å². The predicted molar refractivity (Wildman–Crippen MR) is 119 cm³/mol. The highest BCUT2D eigenvalue weighted by Crippen LogP contribution is 2.37. The van der Waals surface area contributed by atoms with Crippen molar-refractivity contribution in [3.05, 3.63) is 98.5 Å². The second kappa shape index (κ2) is 8.18. The van der Waals surface area contributed by atoms with Crippen molar-refractivity contribution in [2.45, 2.75) is 6.54 Å². The number of halogens is 4. The molecule has 4 rings (SSSR count). The van der Waals surface area contributed by atoms with E-state index < -0.39 is 0 Å². The molecule has 0 fully saturated rings. The Bertz CT molecular complexity index is 1120. The molecular weight excluding hydrogens is 434 g/mol. The first kappa shape index (κ1) is 19.4. The Morgan fingerprint density at radius 2 is 1.25 bits per heavy atom. The molecule has 0 amide bonds. The van der Waals surface area contributed by atoms with Crippen LogP contribution in [0.2, 0.25) is 20.1 Å². The van der Waals surface area contributed by atoms with Crippen LogP contribution in [0.3, 0.4) is 0 Å². The summed E-state index contributed by atoms with van der Waals surface area (Å²) in [5, 5.41) is 7.37. The summed E-state index contributed by atoms with van der Waals surface area (Å²) in [7, 11) is 0. The molecule has 0 spiro atoms. The van der Waals surface area contributed by atoms with Crippen molar-refractivity contribution >= 4 is 46.4 Å². The molecule has 0 N–H and O–H groups in total. The molecule has 28 heavy (non-hydrogen) atoms. The zero-order valence-electron chi connectivity index (χ0n) is 14.5. The summed E-state index contributed by atoms with van der Waals surface area (Å²) in [5.74, 6) is 0. The van der Waals surface area contributed by atoms with Crippen LogP contribution in [0.25, 0.3) is 22.5 Å². The van der Waals surface area contributed by atoms with Gasteiger partial charge in [-0.3, -0.25) is 4.68 Å². The SMILES string of the molecule is Clc1ccc(-c2nn(Cc3ccccc3Cl)c(-c3ccc(Cl)cc3)c2Cl)cc1. The quantitative estimate of drug-likeness (QED) is 0.311. The maximum absolute atomic E-state index is 6.80. The Labute approximate surface area is 183 Å². The fourth-order valence-corrected chi connectivity index (χ4v) is 3.82. The van der Waals surface area contributed by atoms with Gasteiger partial charge in [0.05, 0.1) is 17.3 Å². The lowest BCUT2D eigenvalue weighted by atomic mass is 10.1. The van der Waals surface area contributed by atoms with Crippen molar-refractivity contribution in [1.29, 1.82) is 0 Å². The number of aromatic nitrogens is 2. The third kappa shape index (κ3) is 3.92. The molecule has 0 atom stereocenters. The van der Waals surface area contributed by atoms with E-state index in [1.54, 1.807) is 0 Å². The molecule has 0 radical (unpaired) electrons. The molecule has 140 valence electrons. The van der Waals surface area contributed by atoms with Crippen LogP contribution in [0, 0.1) is 0 Å². The molecule has 0 saturated carbocycles. The van der Waals surface area contributed by atoms with E-state index in [4.69, 9.17) is 51.5 Å². The van der Waals surface area contributed by atoms with Crippen LogP contribution in [-0.2, 0) is 6.54 Å². The molecular formula is C22H14Cl4N2. The summed E-state index contributed by atoms with van der Waals surface area (Å²) in [6, 6.07) is 22.7. The zero-order chi connectivity index (χ0) is 19.7. The van der Waals surface area contributed by atoms with Crippen LogP contribution in [-0.4, -0.2) is 9.78 Å². The highest BCUT2D eigenvalue weighted by molar-refractivity contribution is 6.36. The maximum Gasteiger partial charge on any atom is 0.112 e. The van der Waals surface area contributed by atoms with Crippen molar-refractivity contribution in [3.63, 3.8) is 0 Å². The van der Waals surface area contributed by atoms with E-state index in [9.17, 15) is 0 Å². The Hall–Kier alpha value is -1.97. The molecule has 0 aliphatic rings. The van der Waals surface area contributed by atoms with Gasteiger partial charge in [-0.05, 0) is 35.9 Å². The Kier molecular flexibility index (Phi) is 5.65. The van der Waals surface area contributed by atoms with Gasteiger partial charge in [0.2, 0.25) is 0 Å². The third-order valence-corrected chi connectivity index (χ3v) is 5.64. The molecule has 0 bridgehead atoms. The van der Waals surface area contributed by atoms with Crippen LogP contribution in [0.4, 0.5) is 0 Å². The van der Waals surface area contributed by atoms with Gasteiger partial charge in [0.15, 0.2) is 0 Å². The average Bonchev–Trinajstić information content (AvgIpc) is 3.01. The Balaban J connectivity index is 1.87. The van der Waals surface area contributed by atoms with Crippen molar-refractivity contribution < 1.29 is 0 Å². The topological polar surface area (TPSA) is 17.8 Å². The van der Waals surface area contributed by atoms with E-state index in [0.717, 1.165) is 22.4 Å². The molecule has 3 aromatic carbocycles. The lowest BCUT2D eigenvalue weighted by Gasteiger charge is -2.09. The lowest BCUT2D eigenvalue weighted by Crippen LogP contribution is -2.04. The summed E-state index contributed by atoms with van der Waals surface area (Å²) in [6.07, 6.45) is 0. The number of nitrogens with zero attached hydrogens (tertiary/aromatic N) is 2. The van der Waals surface area contributed by atoms with E-state index in [1.807, 2.05) is 77.5 Å².